The molecule has 1 saturated carbocycles. The normalized spacial score (nSPS) is 29.2. The SMILES string of the molecule is CS(=O)(=O)N1CCC(C(=O)NC2CCCCC2CO)CC1. The molecule has 2 unspecified atom stereocenters. The van der Waals surface area contributed by atoms with Gasteiger partial charge in [-0.15, -0.1) is 0 Å². The van der Waals surface area contributed by atoms with Gasteiger partial charge in [0.15, 0.2) is 0 Å². The lowest BCUT2D eigenvalue weighted by atomic mass is 9.84. The number of amides is 1. The van der Waals surface area contributed by atoms with Crippen LogP contribution in [0.2, 0.25) is 0 Å². The van der Waals surface area contributed by atoms with Crippen molar-refractivity contribution in [3.8, 4) is 0 Å². The molecule has 1 aliphatic heterocycles. The Labute approximate surface area is 126 Å². The molecule has 0 bridgehead atoms. The third-order valence-corrected chi connectivity index (χ3v) is 6.07. The van der Waals surface area contributed by atoms with E-state index in [0.717, 1.165) is 25.7 Å². The van der Waals surface area contributed by atoms with E-state index in [4.69, 9.17) is 0 Å². The van der Waals surface area contributed by atoms with Gasteiger partial charge in [0.05, 0.1) is 6.26 Å². The molecule has 0 aromatic heterocycles. The number of sulfonamides is 1. The molecule has 1 saturated heterocycles. The van der Waals surface area contributed by atoms with E-state index in [-0.39, 0.29) is 30.4 Å². The summed E-state index contributed by atoms with van der Waals surface area (Å²) in [6.45, 7) is 0.966. The van der Waals surface area contributed by atoms with Crippen LogP contribution in [0, 0.1) is 11.8 Å². The highest BCUT2D eigenvalue weighted by molar-refractivity contribution is 7.88. The molecule has 0 spiro atoms. The number of nitrogens with zero attached hydrogens (tertiary/aromatic N) is 1. The second-order valence-corrected chi connectivity index (χ2v) is 8.26. The van der Waals surface area contributed by atoms with E-state index in [1.165, 1.54) is 10.6 Å². The lowest BCUT2D eigenvalue weighted by molar-refractivity contribution is -0.127. The van der Waals surface area contributed by atoms with E-state index in [1.54, 1.807) is 0 Å². The van der Waals surface area contributed by atoms with Crippen molar-refractivity contribution in [1.82, 2.24) is 9.62 Å². The fraction of sp³-hybridized carbons (Fsp3) is 0.929. The Morgan fingerprint density at radius 1 is 1.19 bits per heavy atom. The number of piperidine rings is 1. The first-order chi connectivity index (χ1) is 9.91. The van der Waals surface area contributed by atoms with E-state index >= 15 is 0 Å². The molecule has 1 heterocycles. The summed E-state index contributed by atoms with van der Waals surface area (Å²) in [4.78, 5) is 12.3. The first kappa shape index (κ1) is 16.7. The Balaban J connectivity index is 1.84. The van der Waals surface area contributed by atoms with E-state index in [9.17, 15) is 18.3 Å². The van der Waals surface area contributed by atoms with Crippen LogP contribution in [0.4, 0.5) is 0 Å². The summed E-state index contributed by atoms with van der Waals surface area (Å²) >= 11 is 0. The van der Waals surface area contributed by atoms with Crippen molar-refractivity contribution < 1.29 is 18.3 Å². The minimum Gasteiger partial charge on any atom is -0.396 e. The minimum atomic E-state index is -3.15. The van der Waals surface area contributed by atoms with Gasteiger partial charge in [-0.3, -0.25) is 4.79 Å². The maximum Gasteiger partial charge on any atom is 0.223 e. The van der Waals surface area contributed by atoms with Crippen molar-refractivity contribution >= 4 is 15.9 Å². The van der Waals surface area contributed by atoms with Crippen molar-refractivity contribution in [2.24, 2.45) is 11.8 Å². The third-order valence-electron chi connectivity index (χ3n) is 4.76. The summed E-state index contributed by atoms with van der Waals surface area (Å²) in [5.74, 6) is 0.0802. The first-order valence-corrected chi connectivity index (χ1v) is 9.63. The average molecular weight is 318 g/mol. The highest BCUT2D eigenvalue weighted by atomic mass is 32.2. The Morgan fingerprint density at radius 2 is 1.81 bits per heavy atom. The third kappa shape index (κ3) is 4.40. The molecule has 0 aromatic rings. The molecule has 2 aliphatic rings. The van der Waals surface area contributed by atoms with Gasteiger partial charge >= 0.3 is 0 Å². The van der Waals surface area contributed by atoms with E-state index in [0.29, 0.717) is 25.9 Å². The van der Waals surface area contributed by atoms with Crippen molar-refractivity contribution in [2.45, 2.75) is 44.6 Å². The van der Waals surface area contributed by atoms with E-state index in [1.807, 2.05) is 0 Å². The zero-order valence-corrected chi connectivity index (χ0v) is 13.4. The van der Waals surface area contributed by atoms with Crippen LogP contribution < -0.4 is 5.32 Å². The van der Waals surface area contributed by atoms with Gasteiger partial charge in [0.25, 0.3) is 0 Å². The smallest absolute Gasteiger partial charge is 0.223 e. The molecule has 2 atom stereocenters. The Kier molecular flexibility index (Phi) is 5.62. The molecule has 2 rings (SSSR count). The standard InChI is InChI=1S/C14H26N2O4S/c1-21(19,20)16-8-6-11(7-9-16)14(18)15-13-5-3-2-4-12(13)10-17/h11-13,17H,2-10H2,1H3,(H,15,18). The van der Waals surface area contributed by atoms with Crippen molar-refractivity contribution in [1.29, 1.82) is 0 Å². The number of carbonyl (C=O) groups excluding carboxylic acids is 1. The predicted octanol–water partition coefficient (Wildman–Crippen LogP) is 0.325. The van der Waals surface area contributed by atoms with Crippen LogP contribution >= 0.6 is 0 Å². The van der Waals surface area contributed by atoms with Crippen LogP contribution in [0.5, 0.6) is 0 Å². The summed E-state index contributed by atoms with van der Waals surface area (Å²) < 4.78 is 24.4. The Hall–Kier alpha value is -0.660. The zero-order valence-electron chi connectivity index (χ0n) is 12.6. The van der Waals surface area contributed by atoms with Gasteiger partial charge in [-0.25, -0.2) is 12.7 Å². The summed E-state index contributed by atoms with van der Waals surface area (Å²) in [6, 6.07) is 0.0733. The number of nitrogens with one attached hydrogen (secondary N) is 1. The molecule has 122 valence electrons. The molecular weight excluding hydrogens is 292 g/mol. The van der Waals surface area contributed by atoms with Gasteiger partial charge in [-0.05, 0) is 25.7 Å². The van der Waals surface area contributed by atoms with Crippen LogP contribution in [0.15, 0.2) is 0 Å². The molecule has 2 fully saturated rings. The maximum atomic E-state index is 12.3. The molecule has 7 heteroatoms. The van der Waals surface area contributed by atoms with Gasteiger partial charge < -0.3 is 10.4 Å². The fourth-order valence-electron chi connectivity index (χ4n) is 3.37. The lowest BCUT2D eigenvalue weighted by Gasteiger charge is -2.34. The van der Waals surface area contributed by atoms with Gasteiger partial charge in [0.1, 0.15) is 0 Å². The molecule has 6 nitrogen and oxygen atoms in total. The number of carbonyl (C=O) groups is 1. The topological polar surface area (TPSA) is 86.7 Å². The van der Waals surface area contributed by atoms with Crippen LogP contribution in [-0.4, -0.2) is 55.7 Å². The number of rotatable bonds is 4. The Morgan fingerprint density at radius 3 is 2.38 bits per heavy atom. The van der Waals surface area contributed by atoms with Crippen molar-refractivity contribution in [2.75, 3.05) is 26.0 Å². The average Bonchev–Trinajstić information content (AvgIpc) is 2.47. The molecule has 0 aromatic carbocycles. The van der Waals surface area contributed by atoms with Gasteiger partial charge in [0.2, 0.25) is 15.9 Å². The first-order valence-electron chi connectivity index (χ1n) is 7.78. The molecule has 21 heavy (non-hydrogen) atoms. The molecule has 1 aliphatic carbocycles. The number of hydrogen-bond donors (Lipinski definition) is 2. The van der Waals surface area contributed by atoms with Crippen LogP contribution in [0.3, 0.4) is 0 Å². The van der Waals surface area contributed by atoms with Gasteiger partial charge in [-0.1, -0.05) is 12.8 Å². The monoisotopic (exact) mass is 318 g/mol. The second kappa shape index (κ2) is 7.07. The summed E-state index contributed by atoms with van der Waals surface area (Å²) in [7, 11) is -3.15. The predicted molar refractivity (Wildman–Crippen MR) is 80.1 cm³/mol. The summed E-state index contributed by atoms with van der Waals surface area (Å²) in [5, 5.41) is 12.5. The minimum absolute atomic E-state index is 0.0218. The quantitative estimate of drug-likeness (QED) is 0.782. The maximum absolute atomic E-state index is 12.3. The largest absolute Gasteiger partial charge is 0.396 e. The van der Waals surface area contributed by atoms with Crippen LogP contribution in [0.1, 0.15) is 38.5 Å². The summed E-state index contributed by atoms with van der Waals surface area (Å²) in [5.41, 5.74) is 0. The summed E-state index contributed by atoms with van der Waals surface area (Å²) in [6.07, 6.45) is 6.47. The van der Waals surface area contributed by atoms with Crippen molar-refractivity contribution in [3.05, 3.63) is 0 Å². The van der Waals surface area contributed by atoms with Crippen LogP contribution in [0.25, 0.3) is 0 Å². The number of aliphatic hydroxyl groups excluding tert-OH is 1. The molecule has 2 N–H and O–H groups in total. The highest BCUT2D eigenvalue weighted by Crippen LogP contribution is 2.25. The van der Waals surface area contributed by atoms with Crippen LogP contribution in [-0.2, 0) is 14.8 Å². The van der Waals surface area contributed by atoms with Crippen molar-refractivity contribution in [3.63, 3.8) is 0 Å². The van der Waals surface area contributed by atoms with E-state index < -0.39 is 10.0 Å². The zero-order chi connectivity index (χ0) is 15.5. The fourth-order valence-corrected chi connectivity index (χ4v) is 4.24. The highest BCUT2D eigenvalue weighted by Gasteiger charge is 2.32. The van der Waals surface area contributed by atoms with E-state index in [2.05, 4.69) is 5.32 Å². The second-order valence-electron chi connectivity index (χ2n) is 6.28. The number of hydrogen-bond acceptors (Lipinski definition) is 4. The Bertz CT molecular complexity index is 458. The molecular formula is C14H26N2O4S. The van der Waals surface area contributed by atoms with Gasteiger partial charge in [-0.2, -0.15) is 0 Å². The number of aliphatic hydroxyl groups is 1. The lowest BCUT2D eigenvalue weighted by Crippen LogP contribution is -2.48. The van der Waals surface area contributed by atoms with Gasteiger partial charge in [0, 0.05) is 37.6 Å². The molecule has 1 amide bonds. The molecule has 0 radical (unpaired) electrons.